The second-order valence-electron chi connectivity index (χ2n) is 8.81. The van der Waals surface area contributed by atoms with Gasteiger partial charge in [-0.3, -0.25) is 19.7 Å². The lowest BCUT2D eigenvalue weighted by molar-refractivity contribution is -0.136. The van der Waals surface area contributed by atoms with E-state index in [2.05, 4.69) is 38.1 Å². The number of carbonyl (C=O) groups excluding carboxylic acids is 3. The van der Waals surface area contributed by atoms with Crippen LogP contribution >= 0.6 is 0 Å². The number of hydrogen-bond donors (Lipinski definition) is 3. The number of benzene rings is 3. The summed E-state index contributed by atoms with van der Waals surface area (Å²) in [7, 11) is 0. The summed E-state index contributed by atoms with van der Waals surface area (Å²) in [4.78, 5) is 47.4. The van der Waals surface area contributed by atoms with E-state index in [9.17, 15) is 14.4 Å². The minimum absolute atomic E-state index is 0.218. The summed E-state index contributed by atoms with van der Waals surface area (Å²) >= 11 is 0. The Morgan fingerprint density at radius 1 is 0.917 bits per heavy atom. The van der Waals surface area contributed by atoms with E-state index >= 15 is 0 Å². The molecule has 2 aliphatic heterocycles. The molecule has 2 aliphatic rings. The van der Waals surface area contributed by atoms with Crippen molar-refractivity contribution in [3.05, 3.63) is 84.1 Å². The van der Waals surface area contributed by atoms with Crippen LogP contribution in [0.2, 0.25) is 0 Å². The van der Waals surface area contributed by atoms with Gasteiger partial charge in [-0.15, -0.1) is 0 Å². The van der Waals surface area contributed by atoms with Gasteiger partial charge in [0.25, 0.3) is 5.91 Å². The van der Waals surface area contributed by atoms with Crippen LogP contribution in [0.4, 0.5) is 23.1 Å². The molecule has 3 N–H and O–H groups in total. The summed E-state index contributed by atoms with van der Waals surface area (Å²) in [5.74, 6) is 0.0453. The van der Waals surface area contributed by atoms with Crippen molar-refractivity contribution >= 4 is 51.6 Å². The molecular weight excluding hydrogens is 456 g/mol. The molecule has 0 radical (unpaired) electrons. The first-order valence-electron chi connectivity index (χ1n) is 11.7. The third-order valence-electron chi connectivity index (χ3n) is 6.51. The number of fused-ring (bicyclic) bond motifs is 2. The van der Waals surface area contributed by atoms with Crippen molar-refractivity contribution in [2.45, 2.75) is 25.4 Å². The van der Waals surface area contributed by atoms with Crippen LogP contribution < -0.4 is 16.0 Å². The van der Waals surface area contributed by atoms with Gasteiger partial charge in [-0.05, 0) is 47.5 Å². The zero-order chi connectivity index (χ0) is 24.6. The number of nitrogens with one attached hydrogen (secondary N) is 3. The number of carbonyl (C=O) groups is 3. The van der Waals surface area contributed by atoms with Crippen LogP contribution in [0.15, 0.2) is 72.9 Å². The molecule has 4 aromatic rings. The molecule has 0 aliphatic carbocycles. The number of aromatic nitrogens is 2. The predicted molar refractivity (Wildman–Crippen MR) is 135 cm³/mol. The SMILES string of the molecule is O=C1CCC(N2Cc3c(Nc4ccnc(Nc5ccc6ccccc6c5)n4)cccc3C2=O)C(=O)N1. The molecule has 6 rings (SSSR count). The molecule has 36 heavy (non-hydrogen) atoms. The van der Waals surface area contributed by atoms with Gasteiger partial charge in [0.05, 0.1) is 0 Å². The van der Waals surface area contributed by atoms with E-state index in [1.165, 1.54) is 4.90 Å². The molecule has 3 amide bonds. The lowest BCUT2D eigenvalue weighted by Gasteiger charge is -2.29. The third-order valence-corrected chi connectivity index (χ3v) is 6.51. The molecule has 1 saturated heterocycles. The number of imide groups is 1. The maximum atomic E-state index is 13.1. The molecule has 0 bridgehead atoms. The average molecular weight is 479 g/mol. The molecule has 3 heterocycles. The van der Waals surface area contributed by atoms with Gasteiger partial charge < -0.3 is 15.5 Å². The molecule has 9 nitrogen and oxygen atoms in total. The van der Waals surface area contributed by atoms with Crippen LogP contribution in [0.1, 0.15) is 28.8 Å². The van der Waals surface area contributed by atoms with E-state index < -0.39 is 11.9 Å². The maximum Gasteiger partial charge on any atom is 0.255 e. The molecule has 3 aromatic carbocycles. The summed E-state index contributed by atoms with van der Waals surface area (Å²) in [6.07, 6.45) is 2.20. The van der Waals surface area contributed by atoms with Crippen molar-refractivity contribution in [1.29, 1.82) is 0 Å². The highest BCUT2D eigenvalue weighted by atomic mass is 16.2. The van der Waals surface area contributed by atoms with E-state index in [0.717, 1.165) is 27.7 Å². The van der Waals surface area contributed by atoms with Crippen molar-refractivity contribution in [2.24, 2.45) is 0 Å². The Morgan fingerprint density at radius 2 is 1.78 bits per heavy atom. The monoisotopic (exact) mass is 478 g/mol. The smallest absolute Gasteiger partial charge is 0.255 e. The normalized spacial score (nSPS) is 17.2. The largest absolute Gasteiger partial charge is 0.340 e. The van der Waals surface area contributed by atoms with Crippen LogP contribution in [0.3, 0.4) is 0 Å². The van der Waals surface area contributed by atoms with E-state index in [1.807, 2.05) is 36.4 Å². The number of hydrogen-bond acceptors (Lipinski definition) is 7. The van der Waals surface area contributed by atoms with Crippen LogP contribution in [0, 0.1) is 0 Å². The topological polar surface area (TPSA) is 116 Å². The fraction of sp³-hybridized carbons (Fsp3) is 0.148. The van der Waals surface area contributed by atoms with Crippen LogP contribution in [-0.4, -0.2) is 38.6 Å². The Morgan fingerprint density at radius 3 is 2.64 bits per heavy atom. The number of rotatable bonds is 5. The zero-order valence-electron chi connectivity index (χ0n) is 19.2. The number of anilines is 4. The molecule has 9 heteroatoms. The van der Waals surface area contributed by atoms with Gasteiger partial charge in [-0.2, -0.15) is 4.98 Å². The summed E-state index contributed by atoms with van der Waals surface area (Å²) in [5.41, 5.74) is 2.92. The summed E-state index contributed by atoms with van der Waals surface area (Å²) in [5, 5.41) is 11.1. The number of piperidine rings is 1. The highest BCUT2D eigenvalue weighted by molar-refractivity contribution is 6.06. The Labute approximate surface area is 206 Å². The van der Waals surface area contributed by atoms with Gasteiger partial charge in [0.15, 0.2) is 0 Å². The van der Waals surface area contributed by atoms with E-state index in [1.54, 1.807) is 24.4 Å². The van der Waals surface area contributed by atoms with E-state index in [-0.39, 0.29) is 24.8 Å². The molecule has 1 atom stereocenters. The fourth-order valence-corrected chi connectivity index (χ4v) is 4.73. The van der Waals surface area contributed by atoms with Crippen LogP contribution in [-0.2, 0) is 16.1 Å². The van der Waals surface area contributed by atoms with Crippen molar-refractivity contribution in [1.82, 2.24) is 20.2 Å². The van der Waals surface area contributed by atoms with Crippen molar-refractivity contribution in [2.75, 3.05) is 10.6 Å². The Kier molecular flexibility index (Phi) is 5.29. The highest BCUT2D eigenvalue weighted by Gasteiger charge is 2.39. The van der Waals surface area contributed by atoms with Gasteiger partial charge in [0, 0.05) is 41.7 Å². The summed E-state index contributed by atoms with van der Waals surface area (Å²) in [6, 6.07) is 20.7. The predicted octanol–water partition coefficient (Wildman–Crippen LogP) is 3.88. The van der Waals surface area contributed by atoms with Crippen LogP contribution in [0.25, 0.3) is 10.8 Å². The van der Waals surface area contributed by atoms with E-state index in [0.29, 0.717) is 23.8 Å². The fourth-order valence-electron chi connectivity index (χ4n) is 4.73. The molecular formula is C27H22N6O3. The van der Waals surface area contributed by atoms with Gasteiger partial charge >= 0.3 is 0 Å². The third kappa shape index (κ3) is 4.00. The van der Waals surface area contributed by atoms with Gasteiger partial charge in [-0.25, -0.2) is 4.98 Å². The molecule has 1 aromatic heterocycles. The second-order valence-corrected chi connectivity index (χ2v) is 8.81. The van der Waals surface area contributed by atoms with E-state index in [4.69, 9.17) is 0 Å². The number of nitrogens with zero attached hydrogens (tertiary/aromatic N) is 3. The van der Waals surface area contributed by atoms with Crippen molar-refractivity contribution in [3.63, 3.8) is 0 Å². The summed E-state index contributed by atoms with van der Waals surface area (Å²) in [6.45, 7) is 0.275. The standard InChI is InChI=1S/C27H22N6O3/c34-24-11-10-22(25(35)32-24)33-15-20-19(26(33)36)6-3-7-21(20)30-23-12-13-28-27(31-23)29-18-9-8-16-4-1-2-5-17(16)14-18/h1-9,12-14,22H,10-11,15H2,(H,32,34,35)(H2,28,29,30,31). The zero-order valence-corrected chi connectivity index (χ0v) is 19.2. The molecule has 178 valence electrons. The minimum Gasteiger partial charge on any atom is -0.340 e. The Hall–Kier alpha value is -4.79. The first kappa shape index (κ1) is 21.7. The molecule has 0 spiro atoms. The first-order chi connectivity index (χ1) is 17.5. The van der Waals surface area contributed by atoms with Gasteiger partial charge in [-0.1, -0.05) is 36.4 Å². The molecule has 1 unspecified atom stereocenters. The van der Waals surface area contributed by atoms with Crippen molar-refractivity contribution in [3.8, 4) is 0 Å². The maximum absolute atomic E-state index is 13.1. The summed E-state index contributed by atoms with van der Waals surface area (Å²) < 4.78 is 0. The Bertz CT molecular complexity index is 1540. The van der Waals surface area contributed by atoms with Crippen molar-refractivity contribution < 1.29 is 14.4 Å². The first-order valence-corrected chi connectivity index (χ1v) is 11.7. The lowest BCUT2D eigenvalue weighted by atomic mass is 10.0. The van der Waals surface area contributed by atoms with Gasteiger partial charge in [0.2, 0.25) is 17.8 Å². The average Bonchev–Trinajstić information content (AvgIpc) is 3.21. The molecule has 0 saturated carbocycles. The van der Waals surface area contributed by atoms with Crippen LogP contribution in [0.5, 0.6) is 0 Å². The van der Waals surface area contributed by atoms with Gasteiger partial charge in [0.1, 0.15) is 11.9 Å². The Balaban J connectivity index is 1.22. The quantitative estimate of drug-likeness (QED) is 0.373. The highest BCUT2D eigenvalue weighted by Crippen LogP contribution is 2.33. The molecule has 1 fully saturated rings. The minimum atomic E-state index is -0.660. The second kappa shape index (κ2) is 8.77. The number of amides is 3. The lowest BCUT2D eigenvalue weighted by Crippen LogP contribution is -2.52.